The van der Waals surface area contributed by atoms with Gasteiger partial charge in [-0.05, 0) is 42.9 Å². The first-order chi connectivity index (χ1) is 11.6. The number of rotatable bonds is 9. The maximum absolute atomic E-state index is 13.0. The Balaban J connectivity index is 2.97. The monoisotopic (exact) mass is 354 g/mol. The molecule has 3 unspecified atom stereocenters. The van der Waals surface area contributed by atoms with Crippen LogP contribution in [-0.4, -0.2) is 23.1 Å². The topological polar surface area (TPSA) is 63.6 Å². The second-order valence-electron chi connectivity index (χ2n) is 8.88. The molecule has 1 rings (SSSR count). The number of hydrogen-bond donors (Lipinski definition) is 1. The molecule has 25 heavy (non-hydrogen) atoms. The number of hydrogen-bond acceptors (Lipinski definition) is 3. The second kappa shape index (κ2) is 10.2. The molecule has 1 fully saturated rings. The number of aliphatic carboxylic acids is 1. The van der Waals surface area contributed by atoms with Crippen molar-refractivity contribution in [3.05, 3.63) is 0 Å². The molecule has 4 nitrogen and oxygen atoms in total. The van der Waals surface area contributed by atoms with Crippen LogP contribution in [0.2, 0.25) is 0 Å². The normalized spacial score (nSPS) is 19.9. The fourth-order valence-corrected chi connectivity index (χ4v) is 4.12. The summed E-state index contributed by atoms with van der Waals surface area (Å²) in [4.78, 5) is 25.0. The first-order valence-electron chi connectivity index (χ1n) is 10.1. The molecule has 1 aliphatic carbocycles. The van der Waals surface area contributed by atoms with Crippen LogP contribution in [0.1, 0.15) is 80.1 Å². The van der Waals surface area contributed by atoms with Crippen LogP contribution in [0.5, 0.6) is 0 Å². The zero-order valence-corrected chi connectivity index (χ0v) is 17.0. The molecule has 0 heterocycles. The minimum atomic E-state index is -0.840. The van der Waals surface area contributed by atoms with Crippen LogP contribution in [-0.2, 0) is 14.3 Å². The number of esters is 1. The lowest BCUT2D eigenvalue weighted by Crippen LogP contribution is -2.41. The lowest BCUT2D eigenvalue weighted by Gasteiger charge is -2.35. The van der Waals surface area contributed by atoms with Crippen LogP contribution >= 0.6 is 0 Å². The quantitative estimate of drug-likeness (QED) is 0.581. The Bertz CT molecular complexity index is 422. The summed E-state index contributed by atoms with van der Waals surface area (Å²) in [5, 5.41) is 9.87. The summed E-state index contributed by atoms with van der Waals surface area (Å²) in [6.45, 7) is 12.2. The van der Waals surface area contributed by atoms with E-state index in [-0.39, 0.29) is 29.8 Å². The third-order valence-electron chi connectivity index (χ3n) is 5.53. The van der Waals surface area contributed by atoms with Gasteiger partial charge in [-0.1, -0.05) is 60.8 Å². The first-order valence-corrected chi connectivity index (χ1v) is 10.1. The minimum Gasteiger partial charge on any atom is -0.481 e. The van der Waals surface area contributed by atoms with Gasteiger partial charge in [0.25, 0.3) is 0 Å². The predicted octanol–water partition coefficient (Wildman–Crippen LogP) is 5.15. The third-order valence-corrected chi connectivity index (χ3v) is 5.53. The maximum atomic E-state index is 13.0. The Morgan fingerprint density at radius 3 is 1.92 bits per heavy atom. The summed E-state index contributed by atoms with van der Waals surface area (Å²) in [6, 6.07) is 0. The van der Waals surface area contributed by atoms with Crippen LogP contribution in [0.3, 0.4) is 0 Å². The predicted molar refractivity (Wildman–Crippen MR) is 100 cm³/mol. The van der Waals surface area contributed by atoms with Gasteiger partial charge < -0.3 is 9.84 Å². The van der Waals surface area contributed by atoms with Crippen molar-refractivity contribution in [1.29, 1.82) is 0 Å². The van der Waals surface area contributed by atoms with Crippen LogP contribution in [0.15, 0.2) is 0 Å². The van der Waals surface area contributed by atoms with E-state index in [0.717, 1.165) is 32.1 Å². The lowest BCUT2D eigenvalue weighted by molar-refractivity contribution is -0.169. The van der Waals surface area contributed by atoms with Gasteiger partial charge in [0.05, 0.1) is 11.8 Å². The first kappa shape index (κ1) is 22.0. The molecule has 1 saturated carbocycles. The third kappa shape index (κ3) is 6.63. The number of carboxylic acid groups (broad SMARTS) is 1. The molecule has 1 N–H and O–H groups in total. The highest BCUT2D eigenvalue weighted by Crippen LogP contribution is 2.38. The van der Waals surface area contributed by atoms with E-state index >= 15 is 0 Å². The molecule has 0 spiro atoms. The van der Waals surface area contributed by atoms with E-state index in [1.807, 2.05) is 13.8 Å². The molecule has 4 heteroatoms. The Morgan fingerprint density at radius 2 is 1.52 bits per heavy atom. The van der Waals surface area contributed by atoms with Crippen molar-refractivity contribution >= 4 is 11.9 Å². The Labute approximate surface area is 153 Å². The van der Waals surface area contributed by atoms with Crippen molar-refractivity contribution in [2.75, 3.05) is 0 Å². The van der Waals surface area contributed by atoms with Gasteiger partial charge in [0.2, 0.25) is 0 Å². The van der Waals surface area contributed by atoms with Gasteiger partial charge >= 0.3 is 11.9 Å². The fourth-order valence-electron chi connectivity index (χ4n) is 4.12. The SMILES string of the molecule is CC(C)CC(OC(=O)C(C(C)C)C(C(=O)O)C1CCCCC1)C(C)C. The highest BCUT2D eigenvalue weighted by molar-refractivity contribution is 5.81. The van der Waals surface area contributed by atoms with Gasteiger partial charge in [-0.15, -0.1) is 0 Å². The van der Waals surface area contributed by atoms with Gasteiger partial charge in [0.1, 0.15) is 6.10 Å². The molecule has 0 aromatic rings. The maximum Gasteiger partial charge on any atom is 0.310 e. The van der Waals surface area contributed by atoms with E-state index in [9.17, 15) is 14.7 Å². The minimum absolute atomic E-state index is 0.0395. The molecule has 0 aromatic heterocycles. The highest BCUT2D eigenvalue weighted by Gasteiger charge is 2.43. The van der Waals surface area contributed by atoms with Crippen LogP contribution in [0, 0.1) is 35.5 Å². The molecular weight excluding hydrogens is 316 g/mol. The van der Waals surface area contributed by atoms with Gasteiger partial charge in [-0.25, -0.2) is 0 Å². The average molecular weight is 355 g/mol. The number of carbonyl (C=O) groups excluding carboxylic acids is 1. The zero-order valence-electron chi connectivity index (χ0n) is 17.0. The molecule has 0 amide bonds. The molecular formula is C21H38O4. The van der Waals surface area contributed by atoms with Crippen molar-refractivity contribution in [3.8, 4) is 0 Å². The van der Waals surface area contributed by atoms with E-state index < -0.39 is 17.8 Å². The largest absolute Gasteiger partial charge is 0.481 e. The van der Waals surface area contributed by atoms with Gasteiger partial charge in [-0.3, -0.25) is 9.59 Å². The zero-order chi connectivity index (χ0) is 19.1. The molecule has 3 atom stereocenters. The van der Waals surface area contributed by atoms with Gasteiger partial charge in [-0.2, -0.15) is 0 Å². The Hall–Kier alpha value is -1.06. The van der Waals surface area contributed by atoms with E-state index in [1.165, 1.54) is 6.42 Å². The van der Waals surface area contributed by atoms with E-state index in [1.54, 1.807) is 0 Å². The highest BCUT2D eigenvalue weighted by atomic mass is 16.5. The summed E-state index contributed by atoms with van der Waals surface area (Å²) in [5.74, 6) is -1.62. The molecule has 1 aliphatic rings. The summed E-state index contributed by atoms with van der Waals surface area (Å²) in [7, 11) is 0. The molecule has 0 bridgehead atoms. The van der Waals surface area contributed by atoms with E-state index in [0.29, 0.717) is 5.92 Å². The number of ether oxygens (including phenoxy) is 1. The van der Waals surface area contributed by atoms with E-state index in [2.05, 4.69) is 27.7 Å². The van der Waals surface area contributed by atoms with Crippen LogP contribution in [0.25, 0.3) is 0 Å². The van der Waals surface area contributed by atoms with E-state index in [4.69, 9.17) is 4.74 Å². The number of carboxylic acids is 1. The average Bonchev–Trinajstić information content (AvgIpc) is 2.51. The molecule has 0 aromatic carbocycles. The van der Waals surface area contributed by atoms with Crippen molar-refractivity contribution in [2.24, 2.45) is 35.5 Å². The smallest absolute Gasteiger partial charge is 0.310 e. The van der Waals surface area contributed by atoms with Crippen LogP contribution in [0.4, 0.5) is 0 Å². The Morgan fingerprint density at radius 1 is 0.960 bits per heavy atom. The summed E-state index contributed by atoms with van der Waals surface area (Å²) >= 11 is 0. The lowest BCUT2D eigenvalue weighted by atomic mass is 9.70. The van der Waals surface area contributed by atoms with Crippen LogP contribution < -0.4 is 0 Å². The molecule has 0 aliphatic heterocycles. The molecule has 0 saturated heterocycles. The number of carbonyl (C=O) groups is 2. The summed E-state index contributed by atoms with van der Waals surface area (Å²) in [6.07, 6.45) is 5.79. The summed E-state index contributed by atoms with van der Waals surface area (Å²) in [5.41, 5.74) is 0. The standard InChI is InChI=1S/C21H38O4/c1-13(2)12-17(14(3)4)25-21(24)18(15(5)6)19(20(22)23)16-10-8-7-9-11-16/h13-19H,7-12H2,1-6H3,(H,22,23). The Kier molecular flexibility index (Phi) is 8.95. The van der Waals surface area contributed by atoms with Crippen molar-refractivity contribution in [1.82, 2.24) is 0 Å². The molecule has 0 radical (unpaired) electrons. The van der Waals surface area contributed by atoms with Crippen molar-refractivity contribution in [3.63, 3.8) is 0 Å². The van der Waals surface area contributed by atoms with Gasteiger partial charge in [0.15, 0.2) is 0 Å². The van der Waals surface area contributed by atoms with Crippen molar-refractivity contribution in [2.45, 2.75) is 86.2 Å². The second-order valence-corrected chi connectivity index (χ2v) is 8.88. The van der Waals surface area contributed by atoms with Gasteiger partial charge in [0, 0.05) is 0 Å². The fraction of sp³-hybridized carbons (Fsp3) is 0.905. The summed E-state index contributed by atoms with van der Waals surface area (Å²) < 4.78 is 5.87. The molecule has 146 valence electrons. The van der Waals surface area contributed by atoms with Crippen molar-refractivity contribution < 1.29 is 19.4 Å².